The fraction of sp³-hybridized carbons (Fsp3) is 0.429. The van der Waals surface area contributed by atoms with Crippen molar-refractivity contribution in [3.8, 4) is 0 Å². The zero-order chi connectivity index (χ0) is 29.8. The van der Waals surface area contributed by atoms with Crippen LogP contribution in [0.3, 0.4) is 0 Å². The van der Waals surface area contributed by atoms with Gasteiger partial charge in [-0.2, -0.15) is 0 Å². The number of rotatable bonds is 8. The molecule has 42 heavy (non-hydrogen) atoms. The van der Waals surface area contributed by atoms with Gasteiger partial charge >= 0.3 is 0 Å². The molecule has 2 aliphatic rings. The van der Waals surface area contributed by atoms with Gasteiger partial charge in [0.2, 0.25) is 5.91 Å². The van der Waals surface area contributed by atoms with Crippen LogP contribution >= 0.6 is 11.6 Å². The predicted octanol–water partition coefficient (Wildman–Crippen LogP) is 8.30. The molecule has 1 aliphatic carbocycles. The van der Waals surface area contributed by atoms with Gasteiger partial charge in [-0.3, -0.25) is 9.59 Å². The zero-order valence-corrected chi connectivity index (χ0v) is 25.3. The summed E-state index contributed by atoms with van der Waals surface area (Å²) in [4.78, 5) is 29.4. The molecule has 3 aromatic carbocycles. The second-order valence-corrected chi connectivity index (χ2v) is 12.5. The molecule has 2 amide bonds. The average Bonchev–Trinajstić information content (AvgIpc) is 3.51. The normalized spacial score (nSPS) is 20.0. The van der Waals surface area contributed by atoms with Crippen molar-refractivity contribution in [1.29, 1.82) is 0 Å². The second kappa shape index (κ2) is 13.4. The van der Waals surface area contributed by atoms with E-state index in [1.165, 1.54) is 31.7 Å². The maximum Gasteiger partial charge on any atom is 0.257 e. The predicted molar refractivity (Wildman–Crippen MR) is 167 cm³/mol. The number of hydrogen-bond acceptors (Lipinski definition) is 3. The Hall–Kier alpha value is -3.22. The molecule has 2 fully saturated rings. The highest BCUT2D eigenvalue weighted by Gasteiger charge is 2.40. The number of carbonyl (C=O) groups excluding carboxylic acids is 2. The van der Waals surface area contributed by atoms with Crippen molar-refractivity contribution in [2.45, 2.75) is 77.3 Å². The average molecular weight is 590 g/mol. The molecule has 0 radical (unpaired) electrons. The number of benzene rings is 3. The molecule has 5 rings (SSSR count). The topological polar surface area (TPSA) is 75.4 Å². The van der Waals surface area contributed by atoms with Gasteiger partial charge in [0.1, 0.15) is 5.82 Å². The Bertz CT molecular complexity index is 1400. The lowest BCUT2D eigenvalue weighted by molar-refractivity contribution is -0.123. The van der Waals surface area contributed by atoms with Crippen molar-refractivity contribution in [1.82, 2.24) is 4.90 Å². The van der Waals surface area contributed by atoms with Crippen LogP contribution < -0.4 is 11.1 Å². The molecule has 222 valence electrons. The van der Waals surface area contributed by atoms with E-state index in [9.17, 15) is 14.0 Å². The molecule has 0 spiro atoms. The van der Waals surface area contributed by atoms with Crippen molar-refractivity contribution in [3.63, 3.8) is 0 Å². The van der Waals surface area contributed by atoms with Crippen molar-refractivity contribution < 1.29 is 14.0 Å². The summed E-state index contributed by atoms with van der Waals surface area (Å²) in [5, 5.41) is 3.59. The van der Waals surface area contributed by atoms with E-state index < -0.39 is 23.7 Å². The van der Waals surface area contributed by atoms with Gasteiger partial charge in [0.25, 0.3) is 5.91 Å². The van der Waals surface area contributed by atoms with E-state index in [-0.39, 0.29) is 17.5 Å². The minimum absolute atomic E-state index is 0.0550. The van der Waals surface area contributed by atoms with Gasteiger partial charge in [0.15, 0.2) is 0 Å². The van der Waals surface area contributed by atoms with Crippen LogP contribution in [-0.4, -0.2) is 23.3 Å². The third kappa shape index (κ3) is 6.71. The molecule has 3 atom stereocenters. The maximum absolute atomic E-state index is 15.0. The molecular weight excluding hydrogens is 549 g/mol. The van der Waals surface area contributed by atoms with Gasteiger partial charge in [0, 0.05) is 23.3 Å². The van der Waals surface area contributed by atoms with Crippen LogP contribution in [0.5, 0.6) is 0 Å². The summed E-state index contributed by atoms with van der Waals surface area (Å²) in [6, 6.07) is 17.5. The molecule has 1 saturated heterocycles. The van der Waals surface area contributed by atoms with Gasteiger partial charge in [-0.25, -0.2) is 4.39 Å². The first kappa shape index (κ1) is 30.2. The summed E-state index contributed by atoms with van der Waals surface area (Å²) in [6.07, 6.45) is 8.56. The lowest BCUT2D eigenvalue weighted by Crippen LogP contribution is -2.46. The van der Waals surface area contributed by atoms with Crippen LogP contribution in [0.15, 0.2) is 60.7 Å². The van der Waals surface area contributed by atoms with E-state index in [4.69, 9.17) is 17.3 Å². The van der Waals surface area contributed by atoms with Gasteiger partial charge in [-0.05, 0) is 85.9 Å². The molecule has 5 nitrogen and oxygen atoms in total. The number of nitrogens with zero attached hydrogens (tertiary/aromatic N) is 1. The summed E-state index contributed by atoms with van der Waals surface area (Å²) >= 11 is 6.32. The van der Waals surface area contributed by atoms with Crippen molar-refractivity contribution in [3.05, 3.63) is 99.3 Å². The van der Waals surface area contributed by atoms with Crippen LogP contribution in [0.4, 0.5) is 10.1 Å². The summed E-state index contributed by atoms with van der Waals surface area (Å²) < 4.78 is 15.0. The lowest BCUT2D eigenvalue weighted by Gasteiger charge is -2.41. The monoisotopic (exact) mass is 589 g/mol. The van der Waals surface area contributed by atoms with E-state index in [0.29, 0.717) is 35.7 Å². The second-order valence-electron chi connectivity index (χ2n) is 12.1. The van der Waals surface area contributed by atoms with E-state index in [1.54, 1.807) is 30.0 Å². The van der Waals surface area contributed by atoms with Gasteiger partial charge in [0.05, 0.1) is 17.5 Å². The number of aryl methyl sites for hydroxylation is 2. The van der Waals surface area contributed by atoms with Gasteiger partial charge in [-0.1, -0.05) is 79.7 Å². The van der Waals surface area contributed by atoms with E-state index in [0.717, 1.165) is 35.4 Å². The Morgan fingerprint density at radius 1 is 1.00 bits per heavy atom. The highest BCUT2D eigenvalue weighted by molar-refractivity contribution is 6.31. The number of piperidine rings is 1. The van der Waals surface area contributed by atoms with E-state index in [1.807, 2.05) is 43.3 Å². The Kier molecular flexibility index (Phi) is 9.64. The number of likely N-dealkylation sites (tertiary alicyclic amines) is 1. The third-order valence-corrected chi connectivity index (χ3v) is 9.58. The summed E-state index contributed by atoms with van der Waals surface area (Å²) in [5.41, 5.74) is 10.6. The van der Waals surface area contributed by atoms with Crippen molar-refractivity contribution >= 4 is 29.1 Å². The largest absolute Gasteiger partial charge is 0.331 e. The summed E-state index contributed by atoms with van der Waals surface area (Å²) in [6.45, 7) is 4.08. The molecule has 0 bridgehead atoms. The van der Waals surface area contributed by atoms with E-state index >= 15 is 0 Å². The fourth-order valence-corrected chi connectivity index (χ4v) is 6.86. The molecule has 0 aromatic heterocycles. The first-order valence-electron chi connectivity index (χ1n) is 15.2. The number of nitrogens with one attached hydrogen (secondary N) is 1. The van der Waals surface area contributed by atoms with E-state index in [2.05, 4.69) is 5.32 Å². The number of hydrogen-bond donors (Lipinski definition) is 2. The van der Waals surface area contributed by atoms with Crippen LogP contribution in [0.1, 0.15) is 96.1 Å². The smallest absolute Gasteiger partial charge is 0.257 e. The fourth-order valence-electron chi connectivity index (χ4n) is 6.68. The third-order valence-electron chi connectivity index (χ3n) is 9.17. The molecule has 1 aliphatic heterocycles. The Balaban J connectivity index is 1.43. The first-order chi connectivity index (χ1) is 20.2. The molecule has 1 heterocycles. The highest BCUT2D eigenvalue weighted by atomic mass is 35.5. The molecule has 1 saturated carbocycles. The maximum atomic E-state index is 15.0. The molecule has 7 heteroatoms. The van der Waals surface area contributed by atoms with Gasteiger partial charge in [-0.15, -0.1) is 0 Å². The van der Waals surface area contributed by atoms with Crippen molar-refractivity contribution in [2.75, 3.05) is 11.9 Å². The SMILES string of the molecule is Cc1ccc(NC(=O)[C@H]2CCCN(C(=O)c3c(C)cccc3F)[C@H]2c2ccc(C(N)CCC3CCCC3)cc2)cc1Cl. The molecule has 3 N–H and O–H groups in total. The molecule has 1 unspecified atom stereocenters. The van der Waals surface area contributed by atoms with Crippen LogP contribution in [0.25, 0.3) is 0 Å². The Labute approximate surface area is 253 Å². The quantitative estimate of drug-likeness (QED) is 0.277. The van der Waals surface area contributed by atoms with Crippen LogP contribution in [0, 0.1) is 31.5 Å². The standard InChI is InChI=1S/C35H41ClFN3O2/c1-22-12-18-27(21-29(22)36)39-34(41)28-10-6-20-40(35(42)32-23(2)7-5-11-30(32)37)33(28)26-16-14-25(15-17-26)31(38)19-13-24-8-3-4-9-24/h5,7,11-12,14-18,21,24,28,31,33H,3-4,6,8-10,13,19-20,38H2,1-2H3,(H,39,41)/t28-,31?,33-/m0/s1. The zero-order valence-electron chi connectivity index (χ0n) is 24.5. The highest BCUT2D eigenvalue weighted by Crippen LogP contribution is 2.39. The Morgan fingerprint density at radius 3 is 2.43 bits per heavy atom. The molecular formula is C35H41ClFN3O2. The number of carbonyl (C=O) groups is 2. The summed E-state index contributed by atoms with van der Waals surface area (Å²) in [5.74, 6) is -0.898. The van der Waals surface area contributed by atoms with Gasteiger partial charge < -0.3 is 16.0 Å². The number of anilines is 1. The summed E-state index contributed by atoms with van der Waals surface area (Å²) in [7, 11) is 0. The number of nitrogens with two attached hydrogens (primary N) is 1. The van der Waals surface area contributed by atoms with Crippen LogP contribution in [-0.2, 0) is 4.79 Å². The molecule has 3 aromatic rings. The number of amides is 2. The lowest BCUT2D eigenvalue weighted by atomic mass is 9.82. The van der Waals surface area contributed by atoms with Crippen molar-refractivity contribution in [2.24, 2.45) is 17.6 Å². The minimum atomic E-state index is -0.560. The Morgan fingerprint density at radius 2 is 1.74 bits per heavy atom. The minimum Gasteiger partial charge on any atom is -0.331 e. The van der Waals surface area contributed by atoms with Crippen LogP contribution in [0.2, 0.25) is 5.02 Å². The first-order valence-corrected chi connectivity index (χ1v) is 15.6. The number of halogens is 2.